The fourth-order valence-corrected chi connectivity index (χ4v) is 2.33. The van der Waals surface area contributed by atoms with E-state index < -0.39 is 0 Å². The molecule has 0 saturated heterocycles. The van der Waals surface area contributed by atoms with Gasteiger partial charge >= 0.3 is 0 Å². The maximum Gasteiger partial charge on any atom is 0.131 e. The van der Waals surface area contributed by atoms with Crippen molar-refractivity contribution in [1.29, 1.82) is 0 Å². The van der Waals surface area contributed by atoms with Crippen molar-refractivity contribution >= 4 is 17.4 Å². The van der Waals surface area contributed by atoms with Gasteiger partial charge in [-0.25, -0.2) is 4.98 Å². The van der Waals surface area contributed by atoms with E-state index in [9.17, 15) is 0 Å². The summed E-state index contributed by atoms with van der Waals surface area (Å²) in [6.07, 6.45) is 0. The van der Waals surface area contributed by atoms with Gasteiger partial charge in [-0.3, -0.25) is 0 Å². The fraction of sp³-hybridized carbons (Fsp3) is 0.214. The predicted octanol–water partition coefficient (Wildman–Crippen LogP) is 3.42. The van der Waals surface area contributed by atoms with Crippen LogP contribution in [0, 0.1) is 0 Å². The Morgan fingerprint density at radius 2 is 2.06 bits per heavy atom. The van der Waals surface area contributed by atoms with Gasteiger partial charge in [0.15, 0.2) is 0 Å². The van der Waals surface area contributed by atoms with Crippen molar-refractivity contribution in [3.05, 3.63) is 58.7 Å². The highest BCUT2D eigenvalue weighted by atomic mass is 35.5. The van der Waals surface area contributed by atoms with Gasteiger partial charge in [0.25, 0.3) is 0 Å². The number of ether oxygens (including phenoxy) is 1. The first-order valence-electron chi connectivity index (χ1n) is 5.87. The molecule has 0 radical (unpaired) electrons. The number of benzene rings is 1. The van der Waals surface area contributed by atoms with Crippen LogP contribution in [0.4, 0.5) is 5.82 Å². The summed E-state index contributed by atoms with van der Waals surface area (Å²) in [6.45, 7) is 1.32. The average molecular weight is 261 g/mol. The van der Waals surface area contributed by atoms with Crippen LogP contribution in [0.25, 0.3) is 0 Å². The van der Waals surface area contributed by atoms with E-state index >= 15 is 0 Å². The Morgan fingerprint density at radius 3 is 2.94 bits per heavy atom. The minimum atomic E-state index is 0.126. The molecule has 92 valence electrons. The van der Waals surface area contributed by atoms with Crippen LogP contribution in [0.15, 0.2) is 42.5 Å². The van der Waals surface area contributed by atoms with E-state index in [4.69, 9.17) is 16.3 Å². The summed E-state index contributed by atoms with van der Waals surface area (Å²) in [5.74, 6) is 0.771. The molecule has 0 bridgehead atoms. The lowest BCUT2D eigenvalue weighted by atomic mass is 9.99. The summed E-state index contributed by atoms with van der Waals surface area (Å²) in [5.41, 5.74) is 2.49. The van der Waals surface area contributed by atoms with Crippen molar-refractivity contribution in [3.8, 4) is 0 Å². The summed E-state index contributed by atoms with van der Waals surface area (Å²) >= 11 is 5.88. The lowest BCUT2D eigenvalue weighted by molar-refractivity contribution is 0.0969. The highest BCUT2D eigenvalue weighted by Crippen LogP contribution is 2.27. The smallest absolute Gasteiger partial charge is 0.131 e. The molecule has 3 nitrogen and oxygen atoms in total. The van der Waals surface area contributed by atoms with Crippen LogP contribution in [-0.4, -0.2) is 11.6 Å². The standard InChI is InChI=1S/C14H13ClN2O/c15-13-6-3-7-14(17-13)16-12-9-18-8-10-4-1-2-5-11(10)12/h1-7,12H,8-9H2,(H,16,17). The highest BCUT2D eigenvalue weighted by Gasteiger charge is 2.20. The van der Waals surface area contributed by atoms with Gasteiger partial charge in [-0.1, -0.05) is 41.9 Å². The third-order valence-corrected chi connectivity index (χ3v) is 3.22. The zero-order valence-electron chi connectivity index (χ0n) is 9.77. The molecule has 1 aromatic carbocycles. The number of nitrogens with one attached hydrogen (secondary N) is 1. The topological polar surface area (TPSA) is 34.1 Å². The van der Waals surface area contributed by atoms with Crippen LogP contribution >= 0.6 is 11.6 Å². The monoisotopic (exact) mass is 260 g/mol. The zero-order chi connectivity index (χ0) is 12.4. The molecule has 1 aliphatic heterocycles. The van der Waals surface area contributed by atoms with Gasteiger partial charge in [0.05, 0.1) is 19.3 Å². The quantitative estimate of drug-likeness (QED) is 0.840. The molecule has 0 amide bonds. The van der Waals surface area contributed by atoms with Crippen LogP contribution in [0.1, 0.15) is 17.2 Å². The summed E-state index contributed by atoms with van der Waals surface area (Å²) in [6, 6.07) is 14.0. The summed E-state index contributed by atoms with van der Waals surface area (Å²) in [5, 5.41) is 3.85. The van der Waals surface area contributed by atoms with E-state index in [2.05, 4.69) is 22.4 Å². The van der Waals surface area contributed by atoms with Crippen molar-refractivity contribution in [2.75, 3.05) is 11.9 Å². The minimum Gasteiger partial charge on any atom is -0.374 e. The van der Waals surface area contributed by atoms with Crippen LogP contribution in [0.3, 0.4) is 0 Å². The van der Waals surface area contributed by atoms with E-state index in [-0.39, 0.29) is 6.04 Å². The number of halogens is 1. The molecule has 1 N–H and O–H groups in total. The molecule has 0 saturated carbocycles. The number of rotatable bonds is 2. The molecule has 0 fully saturated rings. The molecule has 1 unspecified atom stereocenters. The molecule has 2 aromatic rings. The van der Waals surface area contributed by atoms with Crippen LogP contribution in [0.5, 0.6) is 0 Å². The number of aromatic nitrogens is 1. The zero-order valence-corrected chi connectivity index (χ0v) is 10.5. The van der Waals surface area contributed by atoms with Crippen molar-refractivity contribution in [3.63, 3.8) is 0 Å². The van der Waals surface area contributed by atoms with Gasteiger partial charge in [0, 0.05) is 0 Å². The second kappa shape index (κ2) is 4.96. The average Bonchev–Trinajstić information content (AvgIpc) is 2.39. The van der Waals surface area contributed by atoms with Gasteiger partial charge in [0.2, 0.25) is 0 Å². The van der Waals surface area contributed by atoms with Gasteiger partial charge < -0.3 is 10.1 Å². The lowest BCUT2D eigenvalue weighted by Gasteiger charge is -2.26. The van der Waals surface area contributed by atoms with Crippen molar-refractivity contribution in [2.24, 2.45) is 0 Å². The molecule has 4 heteroatoms. The largest absolute Gasteiger partial charge is 0.374 e. The fourth-order valence-electron chi connectivity index (χ4n) is 2.17. The third kappa shape index (κ3) is 2.33. The molecule has 1 aliphatic rings. The first-order chi connectivity index (χ1) is 8.83. The Balaban J connectivity index is 1.86. The maximum absolute atomic E-state index is 5.88. The molecular weight excluding hydrogens is 248 g/mol. The van der Waals surface area contributed by atoms with Gasteiger partial charge in [-0.2, -0.15) is 0 Å². The Kier molecular flexibility index (Phi) is 3.17. The summed E-state index contributed by atoms with van der Waals surface area (Å²) < 4.78 is 5.59. The van der Waals surface area contributed by atoms with Crippen LogP contribution < -0.4 is 5.32 Å². The minimum absolute atomic E-state index is 0.126. The van der Waals surface area contributed by atoms with Gasteiger partial charge in [-0.05, 0) is 23.3 Å². The highest BCUT2D eigenvalue weighted by molar-refractivity contribution is 6.29. The molecule has 0 aliphatic carbocycles. The third-order valence-electron chi connectivity index (χ3n) is 3.01. The molecule has 0 spiro atoms. The predicted molar refractivity (Wildman–Crippen MR) is 71.7 cm³/mol. The van der Waals surface area contributed by atoms with Gasteiger partial charge in [0.1, 0.15) is 11.0 Å². The summed E-state index contributed by atoms with van der Waals surface area (Å²) in [4.78, 5) is 4.24. The molecule has 3 rings (SSSR count). The van der Waals surface area contributed by atoms with E-state index in [0.717, 1.165) is 5.82 Å². The number of anilines is 1. The summed E-state index contributed by atoms with van der Waals surface area (Å²) in [7, 11) is 0. The van der Waals surface area contributed by atoms with E-state index in [0.29, 0.717) is 18.4 Å². The van der Waals surface area contributed by atoms with Crippen LogP contribution in [0.2, 0.25) is 5.15 Å². The Bertz CT molecular complexity index is 559. The van der Waals surface area contributed by atoms with E-state index in [1.54, 1.807) is 6.07 Å². The first kappa shape index (κ1) is 11.5. The van der Waals surface area contributed by atoms with E-state index in [1.807, 2.05) is 24.3 Å². The molecule has 1 atom stereocenters. The molecule has 1 aromatic heterocycles. The molecule has 18 heavy (non-hydrogen) atoms. The Hall–Kier alpha value is -1.58. The molecular formula is C14H13ClN2O. The second-order valence-electron chi connectivity index (χ2n) is 4.26. The number of hydrogen-bond donors (Lipinski definition) is 1. The SMILES string of the molecule is Clc1cccc(NC2COCc3ccccc32)n1. The first-order valence-corrected chi connectivity index (χ1v) is 6.25. The maximum atomic E-state index is 5.88. The van der Waals surface area contributed by atoms with Crippen molar-refractivity contribution in [1.82, 2.24) is 4.98 Å². The second-order valence-corrected chi connectivity index (χ2v) is 4.64. The van der Waals surface area contributed by atoms with Crippen molar-refractivity contribution in [2.45, 2.75) is 12.6 Å². The van der Waals surface area contributed by atoms with E-state index in [1.165, 1.54) is 11.1 Å². The normalized spacial score (nSPS) is 18.2. The Labute approximate surface area is 111 Å². The number of fused-ring (bicyclic) bond motifs is 1. The van der Waals surface area contributed by atoms with Crippen LogP contribution in [-0.2, 0) is 11.3 Å². The Morgan fingerprint density at radius 1 is 1.17 bits per heavy atom. The number of hydrogen-bond acceptors (Lipinski definition) is 3. The van der Waals surface area contributed by atoms with Crippen molar-refractivity contribution < 1.29 is 4.74 Å². The molecule has 2 heterocycles. The number of nitrogens with zero attached hydrogens (tertiary/aromatic N) is 1. The number of pyridine rings is 1. The lowest BCUT2D eigenvalue weighted by Crippen LogP contribution is -2.23. The van der Waals surface area contributed by atoms with Gasteiger partial charge in [-0.15, -0.1) is 0 Å².